The summed E-state index contributed by atoms with van der Waals surface area (Å²) in [4.78, 5) is 28.4. The van der Waals surface area contributed by atoms with Crippen LogP contribution in [0.1, 0.15) is 36.9 Å². The maximum Gasteiger partial charge on any atom is 0.247 e. The van der Waals surface area contributed by atoms with Gasteiger partial charge in [-0.15, -0.1) is 5.10 Å². The SMILES string of the molecule is C[C@@H](C(=O)N1CCC2(CC1)Cc1cccc(c1)Oc1cccc(c1)CCNC2=O)n1cnnn1. The van der Waals surface area contributed by atoms with Gasteiger partial charge in [0.15, 0.2) is 0 Å². The van der Waals surface area contributed by atoms with Gasteiger partial charge in [0, 0.05) is 19.6 Å². The number of fused-ring (bicyclic) bond motifs is 4. The number of benzene rings is 2. The molecule has 0 saturated carbocycles. The molecule has 1 atom stereocenters. The van der Waals surface area contributed by atoms with Crippen LogP contribution >= 0.6 is 0 Å². The maximum atomic E-state index is 13.5. The normalized spacial score (nSPS) is 18.6. The van der Waals surface area contributed by atoms with Crippen molar-refractivity contribution < 1.29 is 14.3 Å². The van der Waals surface area contributed by atoms with E-state index in [1.807, 2.05) is 53.4 Å². The van der Waals surface area contributed by atoms with E-state index in [0.717, 1.165) is 29.0 Å². The molecule has 2 aliphatic heterocycles. The highest BCUT2D eigenvalue weighted by atomic mass is 16.5. The van der Waals surface area contributed by atoms with Crippen LogP contribution in [0.4, 0.5) is 0 Å². The molecule has 2 amide bonds. The number of carbonyl (C=O) groups excluding carboxylic acids is 2. The van der Waals surface area contributed by atoms with Crippen LogP contribution in [0.2, 0.25) is 0 Å². The number of nitrogens with zero attached hydrogens (tertiary/aromatic N) is 5. The van der Waals surface area contributed by atoms with Crippen molar-refractivity contribution in [1.82, 2.24) is 30.4 Å². The average molecular weight is 461 g/mol. The third kappa shape index (κ3) is 4.50. The van der Waals surface area contributed by atoms with E-state index in [0.29, 0.717) is 38.9 Å². The Labute approximate surface area is 198 Å². The molecule has 5 rings (SSSR count). The lowest BCUT2D eigenvalue weighted by Gasteiger charge is -2.41. The fourth-order valence-corrected chi connectivity index (χ4v) is 4.88. The highest BCUT2D eigenvalue weighted by Crippen LogP contribution is 2.37. The van der Waals surface area contributed by atoms with E-state index in [1.165, 1.54) is 11.0 Å². The Hall–Kier alpha value is -3.75. The average Bonchev–Trinajstić information content (AvgIpc) is 3.39. The number of aromatic nitrogens is 4. The van der Waals surface area contributed by atoms with E-state index in [2.05, 4.69) is 20.8 Å². The second kappa shape index (κ2) is 9.24. The molecule has 1 fully saturated rings. The fourth-order valence-electron chi connectivity index (χ4n) is 4.88. The second-order valence-electron chi connectivity index (χ2n) is 9.15. The monoisotopic (exact) mass is 460 g/mol. The molecule has 0 unspecified atom stereocenters. The number of ether oxygens (including phenoxy) is 1. The van der Waals surface area contributed by atoms with Crippen molar-refractivity contribution in [1.29, 1.82) is 0 Å². The molecule has 3 aromatic rings. The van der Waals surface area contributed by atoms with E-state index < -0.39 is 11.5 Å². The lowest BCUT2D eigenvalue weighted by molar-refractivity contribution is -0.142. The van der Waals surface area contributed by atoms with Gasteiger partial charge >= 0.3 is 0 Å². The Morgan fingerprint density at radius 1 is 1.09 bits per heavy atom. The first-order valence-corrected chi connectivity index (χ1v) is 11.7. The number of amides is 2. The van der Waals surface area contributed by atoms with Gasteiger partial charge in [-0.1, -0.05) is 24.3 Å². The highest BCUT2D eigenvalue weighted by Gasteiger charge is 2.43. The Bertz CT molecular complexity index is 1170. The molecule has 9 heteroatoms. The van der Waals surface area contributed by atoms with Crippen LogP contribution in [0.25, 0.3) is 0 Å². The summed E-state index contributed by atoms with van der Waals surface area (Å²) in [7, 11) is 0. The van der Waals surface area contributed by atoms with Crippen LogP contribution in [0.5, 0.6) is 11.5 Å². The first kappa shape index (κ1) is 22.1. The van der Waals surface area contributed by atoms with Crippen molar-refractivity contribution in [3.05, 3.63) is 66.0 Å². The Balaban J connectivity index is 1.37. The molecule has 1 spiro atoms. The number of tetrazole rings is 1. The van der Waals surface area contributed by atoms with E-state index >= 15 is 0 Å². The van der Waals surface area contributed by atoms with Gasteiger partial charge in [-0.3, -0.25) is 9.59 Å². The zero-order valence-corrected chi connectivity index (χ0v) is 19.2. The minimum absolute atomic E-state index is 0.0399. The van der Waals surface area contributed by atoms with Crippen molar-refractivity contribution in [3.8, 4) is 11.5 Å². The summed E-state index contributed by atoms with van der Waals surface area (Å²) in [6.07, 6.45) is 3.95. The summed E-state index contributed by atoms with van der Waals surface area (Å²) in [6.45, 7) is 3.36. The molecule has 1 saturated heterocycles. The first-order valence-electron chi connectivity index (χ1n) is 11.7. The summed E-state index contributed by atoms with van der Waals surface area (Å²) in [5, 5.41) is 14.3. The third-order valence-electron chi connectivity index (χ3n) is 6.91. The molecule has 1 aromatic heterocycles. The van der Waals surface area contributed by atoms with Crippen molar-refractivity contribution >= 4 is 11.8 Å². The fraction of sp³-hybridized carbons (Fsp3) is 0.400. The number of rotatable bonds is 2. The van der Waals surface area contributed by atoms with Crippen LogP contribution in [0.3, 0.4) is 0 Å². The Morgan fingerprint density at radius 2 is 1.79 bits per heavy atom. The minimum atomic E-state index is -0.583. The zero-order valence-electron chi connectivity index (χ0n) is 19.2. The number of carbonyl (C=O) groups is 2. The van der Waals surface area contributed by atoms with E-state index in [9.17, 15) is 9.59 Å². The van der Waals surface area contributed by atoms with Gasteiger partial charge in [-0.25, -0.2) is 4.68 Å². The summed E-state index contributed by atoms with van der Waals surface area (Å²) in [5.41, 5.74) is 1.57. The van der Waals surface area contributed by atoms with Gasteiger partial charge < -0.3 is 15.0 Å². The van der Waals surface area contributed by atoms with Crippen LogP contribution < -0.4 is 10.1 Å². The summed E-state index contributed by atoms with van der Waals surface area (Å²) >= 11 is 0. The Kier molecular flexibility index (Phi) is 6.00. The molecular weight excluding hydrogens is 432 g/mol. The molecule has 4 bridgehead atoms. The highest BCUT2D eigenvalue weighted by molar-refractivity contribution is 5.84. The van der Waals surface area contributed by atoms with Crippen molar-refractivity contribution in [2.45, 2.75) is 38.6 Å². The van der Waals surface area contributed by atoms with Crippen molar-refractivity contribution in [3.63, 3.8) is 0 Å². The lowest BCUT2D eigenvalue weighted by atomic mass is 9.72. The van der Waals surface area contributed by atoms with Crippen molar-refractivity contribution in [2.24, 2.45) is 5.41 Å². The summed E-state index contributed by atoms with van der Waals surface area (Å²) in [6, 6.07) is 15.4. The standard InChI is InChI=1S/C25H28N6O3/c1-18(31-17-27-28-29-31)23(32)30-12-9-25(10-13-30)16-20-5-3-7-22(15-20)34-21-6-2-4-19(14-21)8-11-26-24(25)33/h2-7,14-15,17-18H,8-13,16H2,1H3,(H,26,33)/t18-/m0/s1. The second-order valence-corrected chi connectivity index (χ2v) is 9.15. The minimum Gasteiger partial charge on any atom is -0.457 e. The number of hydrogen-bond donors (Lipinski definition) is 1. The summed E-state index contributed by atoms with van der Waals surface area (Å²) in [5.74, 6) is 1.56. The molecule has 176 valence electrons. The predicted octanol–water partition coefficient (Wildman–Crippen LogP) is 2.55. The van der Waals surface area contributed by atoms with Gasteiger partial charge in [-0.2, -0.15) is 0 Å². The molecule has 0 aliphatic carbocycles. The largest absolute Gasteiger partial charge is 0.457 e. The molecule has 3 heterocycles. The number of nitrogens with one attached hydrogen (secondary N) is 1. The maximum absolute atomic E-state index is 13.5. The van der Waals surface area contributed by atoms with Gasteiger partial charge in [0.1, 0.15) is 23.9 Å². The molecule has 2 aromatic carbocycles. The van der Waals surface area contributed by atoms with Gasteiger partial charge in [0.2, 0.25) is 11.8 Å². The number of likely N-dealkylation sites (tertiary alicyclic amines) is 1. The molecule has 1 N–H and O–H groups in total. The van der Waals surface area contributed by atoms with E-state index in [1.54, 1.807) is 6.92 Å². The van der Waals surface area contributed by atoms with Crippen LogP contribution in [0, 0.1) is 5.41 Å². The molecule has 9 nitrogen and oxygen atoms in total. The topological polar surface area (TPSA) is 102 Å². The van der Waals surface area contributed by atoms with Crippen molar-refractivity contribution in [2.75, 3.05) is 19.6 Å². The number of hydrogen-bond acceptors (Lipinski definition) is 6. The van der Waals surface area contributed by atoms with Crippen LogP contribution in [0.15, 0.2) is 54.9 Å². The molecular formula is C25H28N6O3. The Morgan fingerprint density at radius 3 is 2.50 bits per heavy atom. The predicted molar refractivity (Wildman–Crippen MR) is 124 cm³/mol. The van der Waals surface area contributed by atoms with Gasteiger partial charge in [0.05, 0.1) is 5.41 Å². The van der Waals surface area contributed by atoms with Gasteiger partial charge in [0.25, 0.3) is 0 Å². The summed E-state index contributed by atoms with van der Waals surface area (Å²) < 4.78 is 7.57. The third-order valence-corrected chi connectivity index (χ3v) is 6.91. The number of piperidine rings is 1. The van der Waals surface area contributed by atoms with E-state index in [4.69, 9.17) is 4.74 Å². The molecule has 0 radical (unpaired) electrons. The zero-order chi connectivity index (χ0) is 23.5. The lowest BCUT2D eigenvalue weighted by Crippen LogP contribution is -2.52. The van der Waals surface area contributed by atoms with E-state index in [-0.39, 0.29) is 11.8 Å². The van der Waals surface area contributed by atoms with Crippen LogP contribution in [-0.4, -0.2) is 56.6 Å². The molecule has 34 heavy (non-hydrogen) atoms. The van der Waals surface area contributed by atoms with Crippen LogP contribution in [-0.2, 0) is 22.4 Å². The smallest absolute Gasteiger partial charge is 0.247 e. The molecule has 2 aliphatic rings. The van der Waals surface area contributed by atoms with Gasteiger partial charge in [-0.05, 0) is 78.4 Å². The quantitative estimate of drug-likeness (QED) is 0.631. The first-order chi connectivity index (χ1) is 16.5.